The van der Waals surface area contributed by atoms with Crippen molar-refractivity contribution in [3.05, 3.63) is 35.4 Å². The molecule has 1 heterocycles. The Labute approximate surface area is 104 Å². The summed E-state index contributed by atoms with van der Waals surface area (Å²) in [7, 11) is 0. The highest BCUT2D eigenvalue weighted by Gasteiger charge is 2.25. The summed E-state index contributed by atoms with van der Waals surface area (Å²) in [6.45, 7) is 7.35. The van der Waals surface area contributed by atoms with E-state index in [-0.39, 0.29) is 6.10 Å². The number of likely N-dealkylation sites (tertiary alicyclic amines) is 1. The number of hydrogen-bond donors (Lipinski definition) is 1. The SMILES string of the molecule is Cc1ccc(CCN2CCC(C(C)O)C2)cc1. The second kappa shape index (κ2) is 5.65. The van der Waals surface area contributed by atoms with E-state index in [1.165, 1.54) is 11.1 Å². The third kappa shape index (κ3) is 3.55. The summed E-state index contributed by atoms with van der Waals surface area (Å²) in [5.74, 6) is 0.480. The first-order chi connectivity index (χ1) is 8.15. The van der Waals surface area contributed by atoms with Crippen molar-refractivity contribution < 1.29 is 5.11 Å². The van der Waals surface area contributed by atoms with Gasteiger partial charge in [0.05, 0.1) is 6.10 Å². The third-order valence-corrected chi connectivity index (χ3v) is 3.83. The predicted octanol–water partition coefficient (Wildman–Crippen LogP) is 2.24. The van der Waals surface area contributed by atoms with E-state index in [4.69, 9.17) is 0 Å². The van der Waals surface area contributed by atoms with Crippen LogP contribution in [-0.4, -0.2) is 35.7 Å². The third-order valence-electron chi connectivity index (χ3n) is 3.83. The lowest BCUT2D eigenvalue weighted by atomic mass is 10.0. The van der Waals surface area contributed by atoms with E-state index in [1.54, 1.807) is 0 Å². The Bertz CT molecular complexity index is 344. The molecule has 0 spiro atoms. The van der Waals surface area contributed by atoms with E-state index in [0.29, 0.717) is 5.92 Å². The number of benzene rings is 1. The highest BCUT2D eigenvalue weighted by atomic mass is 16.3. The lowest BCUT2D eigenvalue weighted by Gasteiger charge is -2.17. The molecule has 1 N–H and O–H groups in total. The van der Waals surface area contributed by atoms with Gasteiger partial charge in [0, 0.05) is 13.1 Å². The van der Waals surface area contributed by atoms with Crippen LogP contribution in [0.3, 0.4) is 0 Å². The van der Waals surface area contributed by atoms with Gasteiger partial charge in [-0.15, -0.1) is 0 Å². The Morgan fingerprint density at radius 2 is 2.06 bits per heavy atom. The minimum Gasteiger partial charge on any atom is -0.393 e. The quantitative estimate of drug-likeness (QED) is 0.862. The highest BCUT2D eigenvalue weighted by molar-refractivity contribution is 5.21. The molecule has 94 valence electrons. The van der Waals surface area contributed by atoms with E-state index < -0.39 is 0 Å². The summed E-state index contributed by atoms with van der Waals surface area (Å²) >= 11 is 0. The van der Waals surface area contributed by atoms with Gasteiger partial charge in [0.15, 0.2) is 0 Å². The van der Waals surface area contributed by atoms with Crippen LogP contribution in [0.4, 0.5) is 0 Å². The zero-order chi connectivity index (χ0) is 12.3. The first kappa shape index (κ1) is 12.6. The predicted molar refractivity (Wildman–Crippen MR) is 71.1 cm³/mol. The van der Waals surface area contributed by atoms with Crippen molar-refractivity contribution in [1.82, 2.24) is 4.90 Å². The molecule has 1 aliphatic rings. The Hall–Kier alpha value is -0.860. The maximum absolute atomic E-state index is 9.56. The summed E-state index contributed by atoms with van der Waals surface area (Å²) in [6, 6.07) is 8.80. The fourth-order valence-corrected chi connectivity index (χ4v) is 2.50. The van der Waals surface area contributed by atoms with Gasteiger partial charge in [-0.3, -0.25) is 0 Å². The average molecular weight is 233 g/mol. The molecule has 1 fully saturated rings. The molecule has 1 aromatic rings. The Morgan fingerprint density at radius 1 is 1.35 bits per heavy atom. The van der Waals surface area contributed by atoms with Crippen molar-refractivity contribution in [1.29, 1.82) is 0 Å². The van der Waals surface area contributed by atoms with Crippen molar-refractivity contribution in [3.63, 3.8) is 0 Å². The molecule has 0 saturated carbocycles. The minimum absolute atomic E-state index is 0.153. The lowest BCUT2D eigenvalue weighted by molar-refractivity contribution is 0.128. The summed E-state index contributed by atoms with van der Waals surface area (Å²) in [4.78, 5) is 2.47. The molecule has 2 rings (SSSR count). The number of nitrogens with zero attached hydrogens (tertiary/aromatic N) is 1. The maximum Gasteiger partial charge on any atom is 0.0552 e. The highest BCUT2D eigenvalue weighted by Crippen LogP contribution is 2.19. The average Bonchev–Trinajstić information content (AvgIpc) is 2.77. The lowest BCUT2D eigenvalue weighted by Crippen LogP contribution is -2.26. The number of rotatable bonds is 4. The fraction of sp³-hybridized carbons (Fsp3) is 0.600. The fourth-order valence-electron chi connectivity index (χ4n) is 2.50. The molecule has 0 amide bonds. The summed E-state index contributed by atoms with van der Waals surface area (Å²) in [6.07, 6.45) is 2.11. The molecule has 0 radical (unpaired) electrons. The Morgan fingerprint density at radius 3 is 2.65 bits per heavy atom. The van der Waals surface area contributed by atoms with Crippen molar-refractivity contribution in [2.45, 2.75) is 32.8 Å². The van der Waals surface area contributed by atoms with Crippen LogP contribution in [0.15, 0.2) is 24.3 Å². The number of aliphatic hydroxyl groups is 1. The van der Waals surface area contributed by atoms with Gasteiger partial charge in [0.2, 0.25) is 0 Å². The summed E-state index contributed by atoms with van der Waals surface area (Å²) in [5.41, 5.74) is 2.74. The van der Waals surface area contributed by atoms with Gasteiger partial charge in [-0.1, -0.05) is 29.8 Å². The topological polar surface area (TPSA) is 23.5 Å². The normalized spacial score (nSPS) is 22.9. The monoisotopic (exact) mass is 233 g/mol. The van der Waals surface area contributed by atoms with Crippen LogP contribution in [0.25, 0.3) is 0 Å². The van der Waals surface area contributed by atoms with Gasteiger partial charge >= 0.3 is 0 Å². The van der Waals surface area contributed by atoms with E-state index in [1.807, 2.05) is 6.92 Å². The van der Waals surface area contributed by atoms with Gasteiger partial charge in [0.25, 0.3) is 0 Å². The van der Waals surface area contributed by atoms with Gasteiger partial charge in [-0.05, 0) is 44.7 Å². The van der Waals surface area contributed by atoms with Gasteiger partial charge in [-0.25, -0.2) is 0 Å². The molecule has 1 saturated heterocycles. The van der Waals surface area contributed by atoms with E-state index >= 15 is 0 Å². The molecule has 0 bridgehead atoms. The summed E-state index contributed by atoms with van der Waals surface area (Å²) < 4.78 is 0. The van der Waals surface area contributed by atoms with Crippen molar-refractivity contribution in [2.24, 2.45) is 5.92 Å². The molecule has 2 nitrogen and oxygen atoms in total. The second-order valence-corrected chi connectivity index (χ2v) is 5.33. The Kier molecular flexibility index (Phi) is 4.19. The molecule has 0 aliphatic carbocycles. The van der Waals surface area contributed by atoms with Crippen molar-refractivity contribution >= 4 is 0 Å². The molecule has 2 atom stereocenters. The molecule has 1 aliphatic heterocycles. The zero-order valence-corrected chi connectivity index (χ0v) is 10.9. The number of aliphatic hydroxyl groups excluding tert-OH is 1. The van der Waals surface area contributed by atoms with Crippen LogP contribution in [0.5, 0.6) is 0 Å². The van der Waals surface area contributed by atoms with Crippen molar-refractivity contribution in [2.75, 3.05) is 19.6 Å². The van der Waals surface area contributed by atoms with Crippen LogP contribution in [0.1, 0.15) is 24.5 Å². The first-order valence-corrected chi connectivity index (χ1v) is 6.61. The van der Waals surface area contributed by atoms with E-state index in [2.05, 4.69) is 36.1 Å². The van der Waals surface area contributed by atoms with E-state index in [0.717, 1.165) is 32.5 Å². The van der Waals surface area contributed by atoms with Gasteiger partial charge in [0.1, 0.15) is 0 Å². The van der Waals surface area contributed by atoms with Gasteiger partial charge < -0.3 is 10.0 Å². The zero-order valence-electron chi connectivity index (χ0n) is 10.9. The molecular weight excluding hydrogens is 210 g/mol. The molecule has 0 aromatic heterocycles. The smallest absolute Gasteiger partial charge is 0.0552 e. The van der Waals surface area contributed by atoms with E-state index in [9.17, 15) is 5.11 Å². The van der Waals surface area contributed by atoms with Crippen LogP contribution in [0.2, 0.25) is 0 Å². The molecule has 1 aromatic carbocycles. The minimum atomic E-state index is -0.153. The Balaban J connectivity index is 1.78. The maximum atomic E-state index is 9.56. The molecule has 2 unspecified atom stereocenters. The molecule has 17 heavy (non-hydrogen) atoms. The summed E-state index contributed by atoms with van der Waals surface area (Å²) in [5, 5.41) is 9.56. The van der Waals surface area contributed by atoms with Gasteiger partial charge in [-0.2, -0.15) is 0 Å². The number of aryl methyl sites for hydroxylation is 1. The van der Waals surface area contributed by atoms with Crippen LogP contribution in [-0.2, 0) is 6.42 Å². The number of hydrogen-bond acceptors (Lipinski definition) is 2. The van der Waals surface area contributed by atoms with Crippen LogP contribution >= 0.6 is 0 Å². The first-order valence-electron chi connectivity index (χ1n) is 6.61. The standard InChI is InChI=1S/C15H23NO/c1-12-3-5-14(6-4-12)7-9-16-10-8-15(11-16)13(2)17/h3-6,13,15,17H,7-11H2,1-2H3. The molecular formula is C15H23NO. The largest absolute Gasteiger partial charge is 0.393 e. The molecule has 2 heteroatoms. The van der Waals surface area contributed by atoms with Crippen LogP contribution < -0.4 is 0 Å². The van der Waals surface area contributed by atoms with Crippen LogP contribution in [0, 0.1) is 12.8 Å². The van der Waals surface area contributed by atoms with Crippen molar-refractivity contribution in [3.8, 4) is 0 Å². The second-order valence-electron chi connectivity index (χ2n) is 5.33.